The standard InChI is InChI=1S/C17H32O3/c1-2-3-4-5-6-7-8-9-10-11-12-14-17(19)20-16-13-15-18/h15H,2-14,16H2,1H3. The number of hydrogen-bond acceptors (Lipinski definition) is 3. The molecule has 0 unspecified atom stereocenters. The Balaban J connectivity index is 3.08. The summed E-state index contributed by atoms with van der Waals surface area (Å²) in [5.41, 5.74) is 0. The first-order valence-corrected chi connectivity index (χ1v) is 8.40. The van der Waals surface area contributed by atoms with Gasteiger partial charge in [-0.25, -0.2) is 0 Å². The summed E-state index contributed by atoms with van der Waals surface area (Å²) < 4.78 is 4.90. The van der Waals surface area contributed by atoms with Crippen LogP contribution in [0.15, 0.2) is 0 Å². The van der Waals surface area contributed by atoms with Crippen molar-refractivity contribution in [3.05, 3.63) is 0 Å². The number of esters is 1. The van der Waals surface area contributed by atoms with Crippen LogP contribution < -0.4 is 0 Å². The van der Waals surface area contributed by atoms with E-state index in [0.717, 1.165) is 19.1 Å². The number of carbonyl (C=O) groups is 2. The summed E-state index contributed by atoms with van der Waals surface area (Å²) in [7, 11) is 0. The van der Waals surface area contributed by atoms with E-state index in [1.807, 2.05) is 0 Å². The smallest absolute Gasteiger partial charge is 0.305 e. The summed E-state index contributed by atoms with van der Waals surface area (Å²) in [6.45, 7) is 2.48. The molecule has 0 amide bonds. The van der Waals surface area contributed by atoms with E-state index in [-0.39, 0.29) is 12.6 Å². The van der Waals surface area contributed by atoms with Crippen LogP contribution >= 0.6 is 0 Å². The summed E-state index contributed by atoms with van der Waals surface area (Å²) >= 11 is 0. The molecule has 0 aromatic rings. The van der Waals surface area contributed by atoms with Gasteiger partial charge in [0.25, 0.3) is 0 Å². The van der Waals surface area contributed by atoms with Gasteiger partial charge in [-0.1, -0.05) is 71.1 Å². The van der Waals surface area contributed by atoms with E-state index < -0.39 is 0 Å². The van der Waals surface area contributed by atoms with E-state index in [1.165, 1.54) is 57.8 Å². The Morgan fingerprint density at radius 3 is 1.85 bits per heavy atom. The van der Waals surface area contributed by atoms with Crippen molar-refractivity contribution in [1.82, 2.24) is 0 Å². The molecule has 0 saturated heterocycles. The summed E-state index contributed by atoms with van der Waals surface area (Å²) in [5.74, 6) is -0.164. The Labute approximate surface area is 124 Å². The van der Waals surface area contributed by atoms with Gasteiger partial charge in [0, 0.05) is 12.8 Å². The van der Waals surface area contributed by atoms with E-state index in [1.54, 1.807) is 0 Å². The molecule has 0 fully saturated rings. The molecule has 0 radical (unpaired) electrons. The number of rotatable bonds is 15. The fourth-order valence-corrected chi connectivity index (χ4v) is 2.23. The minimum Gasteiger partial charge on any atom is -0.465 e. The van der Waals surface area contributed by atoms with Gasteiger partial charge in [-0.15, -0.1) is 0 Å². The molecule has 0 spiro atoms. The zero-order chi connectivity index (χ0) is 14.9. The van der Waals surface area contributed by atoms with Gasteiger partial charge in [0.05, 0.1) is 6.61 Å². The van der Waals surface area contributed by atoms with E-state index in [0.29, 0.717) is 12.8 Å². The van der Waals surface area contributed by atoms with E-state index in [4.69, 9.17) is 4.74 Å². The molecule has 0 aliphatic carbocycles. The molecule has 0 aliphatic rings. The van der Waals surface area contributed by atoms with Crippen LogP contribution in [0.25, 0.3) is 0 Å². The normalized spacial score (nSPS) is 10.4. The van der Waals surface area contributed by atoms with Crippen molar-refractivity contribution in [2.45, 2.75) is 90.4 Å². The van der Waals surface area contributed by atoms with Gasteiger partial charge in [-0.05, 0) is 6.42 Å². The third-order valence-corrected chi connectivity index (χ3v) is 3.48. The molecule has 20 heavy (non-hydrogen) atoms. The molecule has 3 nitrogen and oxygen atoms in total. The predicted octanol–water partition coefficient (Wildman–Crippen LogP) is 4.82. The quantitative estimate of drug-likeness (QED) is 0.246. The summed E-state index contributed by atoms with van der Waals surface area (Å²) in [6.07, 6.45) is 15.6. The number of hydrogen-bond donors (Lipinski definition) is 0. The molecule has 0 aliphatic heterocycles. The average Bonchev–Trinajstić information content (AvgIpc) is 2.45. The van der Waals surface area contributed by atoms with Crippen molar-refractivity contribution in [3.63, 3.8) is 0 Å². The van der Waals surface area contributed by atoms with Crippen LogP contribution in [0.2, 0.25) is 0 Å². The molecule has 0 heterocycles. The summed E-state index contributed by atoms with van der Waals surface area (Å²) in [6, 6.07) is 0. The molecule has 0 atom stereocenters. The first-order chi connectivity index (χ1) is 9.81. The van der Waals surface area contributed by atoms with Crippen LogP contribution in [-0.4, -0.2) is 18.9 Å². The Hall–Kier alpha value is -0.860. The van der Waals surface area contributed by atoms with Crippen LogP contribution in [0.1, 0.15) is 90.4 Å². The van der Waals surface area contributed by atoms with Gasteiger partial charge in [-0.2, -0.15) is 0 Å². The first-order valence-electron chi connectivity index (χ1n) is 8.40. The molecule has 3 heteroatoms. The highest BCUT2D eigenvalue weighted by atomic mass is 16.5. The van der Waals surface area contributed by atoms with Gasteiger partial charge in [0.2, 0.25) is 0 Å². The maximum Gasteiger partial charge on any atom is 0.305 e. The highest BCUT2D eigenvalue weighted by Crippen LogP contribution is 2.12. The van der Waals surface area contributed by atoms with Gasteiger partial charge < -0.3 is 9.53 Å². The van der Waals surface area contributed by atoms with Crippen molar-refractivity contribution in [2.24, 2.45) is 0 Å². The maximum atomic E-state index is 11.2. The lowest BCUT2D eigenvalue weighted by molar-refractivity contribution is -0.144. The van der Waals surface area contributed by atoms with Gasteiger partial charge in [0.15, 0.2) is 0 Å². The number of unbranched alkanes of at least 4 members (excludes halogenated alkanes) is 10. The molecule has 0 saturated carbocycles. The first kappa shape index (κ1) is 19.1. The minimum atomic E-state index is -0.164. The van der Waals surface area contributed by atoms with E-state index in [2.05, 4.69) is 6.92 Å². The van der Waals surface area contributed by atoms with Crippen LogP contribution in [0.4, 0.5) is 0 Å². The second kappa shape index (κ2) is 16.2. The minimum absolute atomic E-state index is 0.164. The van der Waals surface area contributed by atoms with Crippen molar-refractivity contribution < 1.29 is 14.3 Å². The Morgan fingerprint density at radius 1 is 0.850 bits per heavy atom. The molecular formula is C17H32O3. The molecule has 0 aromatic heterocycles. The number of carbonyl (C=O) groups excluding carboxylic acids is 2. The summed E-state index contributed by atoms with van der Waals surface area (Å²) in [5, 5.41) is 0. The fourth-order valence-electron chi connectivity index (χ4n) is 2.23. The maximum absolute atomic E-state index is 11.2. The van der Waals surface area contributed by atoms with Crippen LogP contribution in [-0.2, 0) is 14.3 Å². The zero-order valence-corrected chi connectivity index (χ0v) is 13.2. The molecule has 0 rings (SSSR count). The van der Waals surface area contributed by atoms with E-state index >= 15 is 0 Å². The molecule has 0 aromatic carbocycles. The lowest BCUT2D eigenvalue weighted by Crippen LogP contribution is -2.05. The summed E-state index contributed by atoms with van der Waals surface area (Å²) in [4.78, 5) is 21.3. The second-order valence-corrected chi connectivity index (χ2v) is 5.46. The average molecular weight is 284 g/mol. The Kier molecular flexibility index (Phi) is 15.5. The third-order valence-electron chi connectivity index (χ3n) is 3.48. The van der Waals surface area contributed by atoms with Crippen LogP contribution in [0, 0.1) is 0 Å². The van der Waals surface area contributed by atoms with Crippen LogP contribution in [0.5, 0.6) is 0 Å². The highest BCUT2D eigenvalue weighted by molar-refractivity contribution is 5.69. The molecule has 118 valence electrons. The molecular weight excluding hydrogens is 252 g/mol. The SMILES string of the molecule is CCCCCCCCCCCCCC(=O)OCCC=O. The van der Waals surface area contributed by atoms with Crippen LogP contribution in [0.3, 0.4) is 0 Å². The zero-order valence-electron chi connectivity index (χ0n) is 13.2. The topological polar surface area (TPSA) is 43.4 Å². The van der Waals surface area contributed by atoms with Gasteiger partial charge >= 0.3 is 5.97 Å². The monoisotopic (exact) mass is 284 g/mol. The lowest BCUT2D eigenvalue weighted by Gasteiger charge is -2.03. The predicted molar refractivity (Wildman–Crippen MR) is 82.7 cm³/mol. The van der Waals surface area contributed by atoms with Gasteiger partial charge in [0.1, 0.15) is 6.29 Å². The largest absolute Gasteiger partial charge is 0.465 e. The Bertz CT molecular complexity index is 226. The van der Waals surface area contributed by atoms with Crippen molar-refractivity contribution in [3.8, 4) is 0 Å². The number of ether oxygens (including phenoxy) is 1. The molecule has 0 N–H and O–H groups in total. The van der Waals surface area contributed by atoms with Crippen molar-refractivity contribution in [1.29, 1.82) is 0 Å². The van der Waals surface area contributed by atoms with Crippen molar-refractivity contribution in [2.75, 3.05) is 6.61 Å². The third kappa shape index (κ3) is 15.2. The highest BCUT2D eigenvalue weighted by Gasteiger charge is 2.01. The fraction of sp³-hybridized carbons (Fsp3) is 0.882. The van der Waals surface area contributed by atoms with Crippen molar-refractivity contribution >= 4 is 12.3 Å². The second-order valence-electron chi connectivity index (χ2n) is 5.46. The molecule has 0 bridgehead atoms. The Morgan fingerprint density at radius 2 is 1.35 bits per heavy atom. The van der Waals surface area contributed by atoms with E-state index in [9.17, 15) is 9.59 Å². The lowest BCUT2D eigenvalue weighted by atomic mass is 10.1. The van der Waals surface area contributed by atoms with Gasteiger partial charge in [-0.3, -0.25) is 4.79 Å². The number of aldehydes is 1.